The van der Waals surface area contributed by atoms with E-state index in [4.69, 9.17) is 18.9 Å². The molecule has 63 heavy (non-hydrogen) atoms. The number of pyridine rings is 1. The second-order valence-electron chi connectivity index (χ2n) is 18.5. The average Bonchev–Trinajstić information content (AvgIpc) is 3.45. The number of fused-ring (bicyclic) bond motifs is 6. The van der Waals surface area contributed by atoms with Crippen molar-refractivity contribution in [3.8, 4) is 34.4 Å². The van der Waals surface area contributed by atoms with Crippen LogP contribution in [0.15, 0.2) is 29.4 Å². The number of piperazine rings is 1. The molecule has 12 nitrogen and oxygen atoms in total. The van der Waals surface area contributed by atoms with Crippen molar-refractivity contribution in [3.63, 3.8) is 0 Å². The van der Waals surface area contributed by atoms with Gasteiger partial charge in [0, 0.05) is 24.6 Å². The lowest BCUT2D eigenvalue weighted by atomic mass is 9.95. The van der Waals surface area contributed by atoms with E-state index in [1.54, 1.807) is 26.8 Å². The maximum absolute atomic E-state index is 17.9. The Hall–Kier alpha value is -4.73. The van der Waals surface area contributed by atoms with Crippen LogP contribution in [-0.4, -0.2) is 105 Å². The van der Waals surface area contributed by atoms with Crippen LogP contribution in [0.3, 0.4) is 0 Å². The van der Waals surface area contributed by atoms with Gasteiger partial charge in [-0.25, -0.2) is 45.7 Å². The summed E-state index contributed by atoms with van der Waals surface area (Å²) in [7, 11) is -5.30. The van der Waals surface area contributed by atoms with Crippen molar-refractivity contribution in [1.82, 2.24) is 19.9 Å². The van der Waals surface area contributed by atoms with Crippen molar-refractivity contribution in [2.24, 2.45) is 0 Å². The Bertz CT molecular complexity index is 2610. The predicted molar refractivity (Wildman–Crippen MR) is 235 cm³/mol. The largest absolute Gasteiger partial charge is 0.468 e. The van der Waals surface area contributed by atoms with E-state index in [9.17, 15) is 13.2 Å². The first-order chi connectivity index (χ1) is 29.6. The van der Waals surface area contributed by atoms with E-state index in [1.807, 2.05) is 0 Å². The van der Waals surface area contributed by atoms with Gasteiger partial charge in [-0.2, -0.15) is 0 Å². The normalized spacial score (nSPS) is 20.0. The zero-order valence-electron chi connectivity index (χ0n) is 37.5. The molecule has 0 aliphatic carbocycles. The molecule has 0 unspecified atom stereocenters. The van der Waals surface area contributed by atoms with E-state index in [2.05, 4.69) is 68.0 Å². The number of ether oxygens (including phenoxy) is 4. The summed E-state index contributed by atoms with van der Waals surface area (Å²) in [5, 5.41) is -0.417. The Balaban J connectivity index is 1.55. The molecule has 2 bridgehead atoms. The molecule has 0 spiro atoms. The number of anilines is 1. The molecule has 2 fully saturated rings. The minimum Gasteiger partial charge on any atom is -0.468 e. The SMILES string of the molecule is CCS(=O)(=O)c1nc2c3c(nc(-c4cc(OCOC)cc5ccc(F)c(C#C[Si](C(C)C)(C(C)C)C(C)C)c45)c(F)c3n1)O[C@H](C(F)F)[C@@H]1[C@@H]3CC[C@H](CN21)N3C(=O)OC(C)(C)C. The molecule has 1 amide bonds. The van der Waals surface area contributed by atoms with Gasteiger partial charge in [0.05, 0.1) is 29.4 Å². The smallest absolute Gasteiger partial charge is 0.410 e. The average molecular weight is 914 g/mol. The molecule has 4 atom stereocenters. The summed E-state index contributed by atoms with van der Waals surface area (Å²) in [6.45, 7) is 18.9. The van der Waals surface area contributed by atoms with Crippen molar-refractivity contribution in [2.75, 3.05) is 31.1 Å². The first-order valence-electron chi connectivity index (χ1n) is 21.3. The molecule has 18 heteroatoms. The number of methoxy groups -OCH3 is 1. The number of hydrogen-bond donors (Lipinski definition) is 0. The molecule has 340 valence electrons. The summed E-state index contributed by atoms with van der Waals surface area (Å²) in [6.07, 6.45) is -5.15. The van der Waals surface area contributed by atoms with Crippen LogP contribution >= 0.6 is 0 Å². The van der Waals surface area contributed by atoms with Gasteiger partial charge in [-0.3, -0.25) is 4.90 Å². The quantitative estimate of drug-likeness (QED) is 0.0496. The maximum Gasteiger partial charge on any atom is 0.410 e. The van der Waals surface area contributed by atoms with Crippen LogP contribution in [0.1, 0.15) is 87.6 Å². The Morgan fingerprint density at radius 3 is 2.29 bits per heavy atom. The number of hydrogen-bond acceptors (Lipinski definition) is 11. The Labute approximate surface area is 367 Å². The first kappa shape index (κ1) is 46.3. The first-order valence-corrected chi connectivity index (χ1v) is 25.2. The molecule has 5 heterocycles. The topological polar surface area (TPSA) is 133 Å². The number of rotatable bonds is 10. The van der Waals surface area contributed by atoms with Crippen molar-refractivity contribution in [3.05, 3.63) is 41.5 Å². The molecular weight excluding hydrogens is 859 g/mol. The van der Waals surface area contributed by atoms with Crippen LogP contribution in [0.5, 0.6) is 11.6 Å². The number of sulfone groups is 1. The molecule has 4 aromatic rings. The fourth-order valence-corrected chi connectivity index (χ4v) is 15.9. The zero-order valence-corrected chi connectivity index (χ0v) is 39.3. The van der Waals surface area contributed by atoms with Gasteiger partial charge in [-0.05, 0) is 73.8 Å². The molecule has 2 aromatic carbocycles. The summed E-state index contributed by atoms with van der Waals surface area (Å²) in [4.78, 5) is 30.0. The fourth-order valence-electron chi connectivity index (χ4n) is 9.98. The molecule has 0 saturated carbocycles. The van der Waals surface area contributed by atoms with E-state index in [0.717, 1.165) is 0 Å². The fraction of sp³-hybridized carbons (Fsp3) is 0.556. The summed E-state index contributed by atoms with van der Waals surface area (Å²) < 4.78 is 116. The van der Waals surface area contributed by atoms with Gasteiger partial charge in [0.15, 0.2) is 18.7 Å². The lowest BCUT2D eigenvalue weighted by Crippen LogP contribution is -2.67. The maximum atomic E-state index is 17.9. The lowest BCUT2D eigenvalue weighted by molar-refractivity contribution is -0.0371. The number of nitrogens with zero attached hydrogens (tertiary/aromatic N) is 5. The number of carbonyl (C=O) groups excluding carboxylic acids is 1. The Morgan fingerprint density at radius 2 is 1.68 bits per heavy atom. The van der Waals surface area contributed by atoms with Crippen LogP contribution in [0, 0.1) is 23.1 Å². The highest BCUT2D eigenvalue weighted by atomic mass is 32.2. The molecule has 0 N–H and O–H groups in total. The molecule has 0 radical (unpaired) electrons. The van der Waals surface area contributed by atoms with Gasteiger partial charge in [0.25, 0.3) is 6.43 Å². The van der Waals surface area contributed by atoms with E-state index < -0.39 is 99.9 Å². The van der Waals surface area contributed by atoms with Crippen LogP contribution in [0.4, 0.5) is 28.2 Å². The van der Waals surface area contributed by atoms with Crippen molar-refractivity contribution < 1.29 is 49.7 Å². The third kappa shape index (κ3) is 8.07. The van der Waals surface area contributed by atoms with Crippen molar-refractivity contribution >= 4 is 51.5 Å². The summed E-state index contributed by atoms with van der Waals surface area (Å²) in [5.74, 6) is 0.420. The number of aromatic nitrogens is 3. The van der Waals surface area contributed by atoms with Gasteiger partial charge in [-0.15, -0.1) is 5.54 Å². The van der Waals surface area contributed by atoms with Crippen LogP contribution in [0.25, 0.3) is 32.9 Å². The van der Waals surface area contributed by atoms with E-state index in [-0.39, 0.29) is 63.4 Å². The summed E-state index contributed by atoms with van der Waals surface area (Å²) in [6, 6.07) is 3.05. The van der Waals surface area contributed by atoms with Gasteiger partial charge in [0.2, 0.25) is 20.9 Å². The minimum absolute atomic E-state index is 0.0360. The van der Waals surface area contributed by atoms with Gasteiger partial charge < -0.3 is 23.8 Å². The van der Waals surface area contributed by atoms with Gasteiger partial charge >= 0.3 is 6.09 Å². The van der Waals surface area contributed by atoms with Gasteiger partial charge in [0.1, 0.15) is 47.7 Å². The molecule has 3 aliphatic rings. The van der Waals surface area contributed by atoms with Crippen molar-refractivity contribution in [2.45, 2.75) is 140 Å². The Morgan fingerprint density at radius 1 is 1.00 bits per heavy atom. The highest BCUT2D eigenvalue weighted by Crippen LogP contribution is 2.49. The van der Waals surface area contributed by atoms with Crippen LogP contribution in [-0.2, 0) is 19.3 Å². The van der Waals surface area contributed by atoms with E-state index in [0.29, 0.717) is 18.2 Å². The molecule has 3 aliphatic heterocycles. The number of alkyl halides is 2. The highest BCUT2D eigenvalue weighted by Gasteiger charge is 2.57. The van der Waals surface area contributed by atoms with Crippen LogP contribution in [0.2, 0.25) is 16.6 Å². The second kappa shape index (κ2) is 17.0. The number of amides is 1. The number of benzene rings is 2. The third-order valence-electron chi connectivity index (χ3n) is 12.7. The third-order valence-corrected chi connectivity index (χ3v) is 20.5. The van der Waals surface area contributed by atoms with E-state index in [1.165, 1.54) is 42.0 Å². The monoisotopic (exact) mass is 913 g/mol. The molecule has 2 saturated heterocycles. The predicted octanol–water partition coefficient (Wildman–Crippen LogP) is 9.45. The van der Waals surface area contributed by atoms with E-state index >= 15 is 17.6 Å². The minimum atomic E-state index is -4.25. The Kier molecular flexibility index (Phi) is 12.5. The zero-order chi connectivity index (χ0) is 46.1. The highest BCUT2D eigenvalue weighted by molar-refractivity contribution is 7.91. The standard InChI is InChI=1S/C45H55F4N5O7SSi/c1-12-62(56,57)43-51-37-34-41(52-43)53-21-27-14-16-32(54(27)44(55)61-45(8,9)10)38(53)39(40(48)49)60-42(34)50-36(35(37)47)30-20-28(59-22-58-11)19-26-13-15-31(46)29(33(26)30)17-18-63(23(2)3,24(4)5)25(6)7/h13,15,19-20,23-25,27,32,38-40H,12,14,16,21-22H2,1-11H3/t27-,32+,38+,39+/m1/s1. The van der Waals surface area contributed by atoms with Crippen LogP contribution < -0.4 is 14.4 Å². The molecule has 7 rings (SSSR count). The number of halogens is 4. The number of carbonyl (C=O) groups is 1. The van der Waals surface area contributed by atoms with Gasteiger partial charge in [-0.1, -0.05) is 60.5 Å². The second-order valence-corrected chi connectivity index (χ2v) is 26.2. The van der Waals surface area contributed by atoms with Crippen molar-refractivity contribution in [1.29, 1.82) is 0 Å². The summed E-state index contributed by atoms with van der Waals surface area (Å²) >= 11 is 0. The molecule has 2 aromatic heterocycles. The molecular formula is C45H55F4N5O7SSi. The lowest BCUT2D eigenvalue weighted by Gasteiger charge is -2.48. The summed E-state index contributed by atoms with van der Waals surface area (Å²) in [5.41, 5.74) is 2.11.